The summed E-state index contributed by atoms with van der Waals surface area (Å²) in [5.41, 5.74) is 5.04. The average Bonchev–Trinajstić information content (AvgIpc) is 2.98. The van der Waals surface area contributed by atoms with Gasteiger partial charge in [0.1, 0.15) is 4.88 Å². The minimum absolute atomic E-state index is 0.00276. The van der Waals surface area contributed by atoms with Crippen LogP contribution in [0.4, 0.5) is 11.4 Å². The zero-order chi connectivity index (χ0) is 19.6. The van der Waals surface area contributed by atoms with Gasteiger partial charge in [-0.15, -0.1) is 11.3 Å². The van der Waals surface area contributed by atoms with Crippen LogP contribution in [0.2, 0.25) is 10.0 Å². The number of non-ortho nitro benzene ring substituents is 1. The molecule has 2 aromatic carbocycles. The van der Waals surface area contributed by atoms with E-state index in [2.05, 4.69) is 16.2 Å². The Morgan fingerprint density at radius 1 is 1.15 bits per heavy atom. The summed E-state index contributed by atoms with van der Waals surface area (Å²) < 4.78 is 0.886. The Labute approximate surface area is 172 Å². The first kappa shape index (κ1) is 19.3. The van der Waals surface area contributed by atoms with Crippen molar-refractivity contribution in [2.24, 2.45) is 0 Å². The molecule has 3 aromatic rings. The van der Waals surface area contributed by atoms with Gasteiger partial charge in [0.2, 0.25) is 0 Å². The normalized spacial score (nSPS) is 10.4. The third-order valence-electron chi connectivity index (χ3n) is 3.44. The summed E-state index contributed by atoms with van der Waals surface area (Å²) in [4.78, 5) is 23.0. The predicted octanol–water partition coefficient (Wildman–Crippen LogP) is 4.75. The molecule has 0 saturated carbocycles. The maximum Gasteiger partial charge on any atom is 0.281 e. The number of halogens is 2. The van der Waals surface area contributed by atoms with Crippen molar-refractivity contribution in [3.8, 4) is 0 Å². The lowest BCUT2D eigenvalue weighted by Crippen LogP contribution is -2.43. The Hall–Kier alpha value is -2.46. The molecule has 0 atom stereocenters. The molecule has 3 rings (SSSR count). The number of hydrazine groups is 1. The van der Waals surface area contributed by atoms with Gasteiger partial charge in [0.05, 0.1) is 20.7 Å². The van der Waals surface area contributed by atoms with E-state index >= 15 is 0 Å². The van der Waals surface area contributed by atoms with Gasteiger partial charge < -0.3 is 5.32 Å². The number of nitro benzene ring substituents is 1. The number of carbonyl (C=O) groups is 1. The molecule has 0 radical (unpaired) electrons. The molecule has 0 fully saturated rings. The summed E-state index contributed by atoms with van der Waals surface area (Å²) in [6.45, 7) is 0. The first-order valence-electron chi connectivity index (χ1n) is 7.35. The Balaban J connectivity index is 1.67. The van der Waals surface area contributed by atoms with Crippen molar-refractivity contribution in [1.82, 2.24) is 10.9 Å². The fourth-order valence-electron chi connectivity index (χ4n) is 2.21. The first-order valence-corrected chi connectivity index (χ1v) is 9.33. The molecule has 0 unspecified atom stereocenters. The van der Waals surface area contributed by atoms with E-state index in [1.54, 1.807) is 0 Å². The minimum Gasteiger partial charge on any atom is -0.330 e. The smallest absolute Gasteiger partial charge is 0.281 e. The highest BCUT2D eigenvalue weighted by Crippen LogP contribution is 2.34. The molecule has 7 nitrogen and oxygen atoms in total. The number of nitro groups is 1. The van der Waals surface area contributed by atoms with E-state index < -0.39 is 10.8 Å². The number of fused-ring (bicyclic) bond motifs is 1. The summed E-state index contributed by atoms with van der Waals surface area (Å²) in [5.74, 6) is -0.463. The number of nitrogens with one attached hydrogen (secondary N) is 3. The number of carbonyl (C=O) groups excluding carboxylic acids is 1. The van der Waals surface area contributed by atoms with Gasteiger partial charge in [-0.3, -0.25) is 25.8 Å². The lowest BCUT2D eigenvalue weighted by Gasteiger charge is -2.12. The standard InChI is InChI=1S/C16H10Cl2N4O3S2/c17-10-6-5-8(22(24)25)7-11(10)19-16(26)21-20-15(23)14-13(18)9-3-1-2-4-12(9)27-14/h1-7H,(H,20,23)(H2,19,21,26). The van der Waals surface area contributed by atoms with Gasteiger partial charge in [0.25, 0.3) is 11.6 Å². The van der Waals surface area contributed by atoms with Crippen LogP contribution in [0.5, 0.6) is 0 Å². The minimum atomic E-state index is -0.552. The van der Waals surface area contributed by atoms with Crippen molar-refractivity contribution in [3.05, 3.63) is 67.5 Å². The predicted molar refractivity (Wildman–Crippen MR) is 112 cm³/mol. The molecule has 0 saturated heterocycles. The van der Waals surface area contributed by atoms with Gasteiger partial charge in [-0.25, -0.2) is 0 Å². The topological polar surface area (TPSA) is 96.3 Å². The number of thiophene rings is 1. The van der Waals surface area contributed by atoms with Crippen molar-refractivity contribution >= 4 is 79.2 Å². The highest BCUT2D eigenvalue weighted by Gasteiger charge is 2.17. The van der Waals surface area contributed by atoms with Crippen molar-refractivity contribution in [3.63, 3.8) is 0 Å². The zero-order valence-corrected chi connectivity index (χ0v) is 16.4. The van der Waals surface area contributed by atoms with E-state index in [1.807, 2.05) is 24.3 Å². The van der Waals surface area contributed by atoms with E-state index in [0.717, 1.165) is 10.1 Å². The molecule has 138 valence electrons. The fourth-order valence-corrected chi connectivity index (χ4v) is 3.94. The molecule has 0 aliphatic heterocycles. The van der Waals surface area contributed by atoms with E-state index in [1.165, 1.54) is 29.5 Å². The molecule has 0 aliphatic carbocycles. The number of hydrogen-bond acceptors (Lipinski definition) is 5. The monoisotopic (exact) mass is 440 g/mol. The third kappa shape index (κ3) is 4.28. The average molecular weight is 441 g/mol. The second kappa shape index (κ2) is 8.05. The fraction of sp³-hybridized carbons (Fsp3) is 0. The van der Waals surface area contributed by atoms with Crippen LogP contribution in [0.1, 0.15) is 9.67 Å². The summed E-state index contributed by atoms with van der Waals surface area (Å²) in [6.07, 6.45) is 0. The highest BCUT2D eigenvalue weighted by atomic mass is 35.5. The summed E-state index contributed by atoms with van der Waals surface area (Å²) in [6, 6.07) is 11.3. The van der Waals surface area contributed by atoms with E-state index in [9.17, 15) is 14.9 Å². The maximum absolute atomic E-state index is 12.4. The van der Waals surface area contributed by atoms with Crippen LogP contribution in [-0.2, 0) is 0 Å². The summed E-state index contributed by atoms with van der Waals surface area (Å²) >= 11 is 18.6. The summed E-state index contributed by atoms with van der Waals surface area (Å²) in [7, 11) is 0. The number of thiocarbonyl (C=S) groups is 1. The van der Waals surface area contributed by atoms with Crippen molar-refractivity contribution < 1.29 is 9.72 Å². The molecular formula is C16H10Cl2N4O3S2. The van der Waals surface area contributed by atoms with Crippen LogP contribution in [0, 0.1) is 10.1 Å². The van der Waals surface area contributed by atoms with Crippen LogP contribution in [0.15, 0.2) is 42.5 Å². The highest BCUT2D eigenvalue weighted by molar-refractivity contribution is 7.80. The molecule has 27 heavy (non-hydrogen) atoms. The van der Waals surface area contributed by atoms with E-state index in [-0.39, 0.29) is 21.5 Å². The van der Waals surface area contributed by atoms with Crippen LogP contribution in [0.3, 0.4) is 0 Å². The van der Waals surface area contributed by atoms with Crippen LogP contribution < -0.4 is 16.2 Å². The molecule has 1 amide bonds. The SMILES string of the molecule is O=C(NNC(=S)Nc1cc([N+](=O)[O-])ccc1Cl)c1sc2ccccc2c1Cl. The number of nitrogens with zero attached hydrogens (tertiary/aromatic N) is 1. The molecular weight excluding hydrogens is 431 g/mol. The molecule has 1 heterocycles. The van der Waals surface area contributed by atoms with Gasteiger partial charge in [-0.2, -0.15) is 0 Å². The number of rotatable bonds is 3. The Morgan fingerprint density at radius 3 is 2.59 bits per heavy atom. The molecule has 11 heteroatoms. The maximum atomic E-state index is 12.4. The van der Waals surface area contributed by atoms with Gasteiger partial charge in [0.15, 0.2) is 5.11 Å². The molecule has 0 aliphatic rings. The van der Waals surface area contributed by atoms with E-state index in [4.69, 9.17) is 35.4 Å². The zero-order valence-electron chi connectivity index (χ0n) is 13.3. The Kier molecular flexibility index (Phi) is 5.76. The van der Waals surface area contributed by atoms with Gasteiger partial charge >= 0.3 is 0 Å². The van der Waals surface area contributed by atoms with Gasteiger partial charge in [-0.1, -0.05) is 41.4 Å². The second-order valence-corrected chi connectivity index (χ2v) is 7.44. The van der Waals surface area contributed by atoms with Crippen LogP contribution >= 0.6 is 46.8 Å². The lowest BCUT2D eigenvalue weighted by atomic mass is 10.2. The quantitative estimate of drug-likeness (QED) is 0.309. The van der Waals surface area contributed by atoms with Crippen molar-refractivity contribution in [2.75, 3.05) is 5.32 Å². The summed E-state index contributed by atoms with van der Waals surface area (Å²) in [5, 5.41) is 14.9. The molecule has 0 bridgehead atoms. The largest absolute Gasteiger partial charge is 0.330 e. The van der Waals surface area contributed by atoms with Crippen molar-refractivity contribution in [1.29, 1.82) is 0 Å². The Bertz CT molecular complexity index is 1070. The number of anilines is 1. The number of benzene rings is 2. The number of hydrogen-bond donors (Lipinski definition) is 3. The van der Waals surface area contributed by atoms with Gasteiger partial charge in [-0.05, 0) is 24.4 Å². The molecule has 0 spiro atoms. The van der Waals surface area contributed by atoms with Crippen LogP contribution in [0.25, 0.3) is 10.1 Å². The van der Waals surface area contributed by atoms with E-state index in [0.29, 0.717) is 9.90 Å². The lowest BCUT2D eigenvalue weighted by molar-refractivity contribution is -0.384. The first-order chi connectivity index (χ1) is 12.9. The molecule has 3 N–H and O–H groups in total. The second-order valence-electron chi connectivity index (χ2n) is 5.20. The molecule has 1 aromatic heterocycles. The third-order valence-corrected chi connectivity index (χ3v) is 5.65. The number of amides is 1. The van der Waals surface area contributed by atoms with Crippen molar-refractivity contribution in [2.45, 2.75) is 0 Å². The Morgan fingerprint density at radius 2 is 1.89 bits per heavy atom. The van der Waals surface area contributed by atoms with Crippen LogP contribution in [-0.4, -0.2) is 15.9 Å². The van der Waals surface area contributed by atoms with Gasteiger partial charge in [0, 0.05) is 22.2 Å².